The minimum atomic E-state index is 0.409. The van der Waals surface area contributed by atoms with E-state index in [4.69, 9.17) is 0 Å². The summed E-state index contributed by atoms with van der Waals surface area (Å²) in [6.07, 6.45) is 7.61. The predicted octanol–water partition coefficient (Wildman–Crippen LogP) is 14.0. The zero-order valence-electron chi connectivity index (χ0n) is 30.5. The van der Waals surface area contributed by atoms with Crippen LogP contribution in [0, 0.1) is 6.92 Å². The summed E-state index contributed by atoms with van der Waals surface area (Å²) >= 11 is 0. The van der Waals surface area contributed by atoms with Crippen LogP contribution in [-0.4, -0.2) is 9.13 Å². The zero-order chi connectivity index (χ0) is 35.8. The van der Waals surface area contributed by atoms with Crippen LogP contribution < -0.4 is 0 Å². The smallest absolute Gasteiger partial charge is 0.0619 e. The van der Waals surface area contributed by atoms with Gasteiger partial charge in [-0.2, -0.15) is 0 Å². The van der Waals surface area contributed by atoms with E-state index in [1.165, 1.54) is 71.9 Å². The van der Waals surface area contributed by atoms with E-state index in [2.05, 4.69) is 201 Å². The first-order chi connectivity index (χ1) is 25.5. The average Bonchev–Trinajstić information content (AvgIpc) is 3.69. The Morgan fingerprint density at radius 3 is 2.13 bits per heavy atom. The summed E-state index contributed by atoms with van der Waals surface area (Å²) in [6, 6.07) is 52.7. The minimum Gasteiger partial charge on any atom is -0.314 e. The van der Waals surface area contributed by atoms with E-state index >= 15 is 0 Å². The van der Waals surface area contributed by atoms with Gasteiger partial charge in [-0.3, -0.25) is 0 Å². The first-order valence-corrected chi connectivity index (χ1v) is 18.4. The molecule has 8 rings (SSSR count). The lowest BCUT2D eigenvalue weighted by Crippen LogP contribution is -1.99. The van der Waals surface area contributed by atoms with Crippen LogP contribution in [0.25, 0.3) is 71.9 Å². The number of hydrogen-bond donors (Lipinski definition) is 0. The van der Waals surface area contributed by atoms with E-state index in [1.54, 1.807) is 0 Å². The van der Waals surface area contributed by atoms with Crippen LogP contribution >= 0.6 is 0 Å². The van der Waals surface area contributed by atoms with Crippen molar-refractivity contribution in [2.45, 2.75) is 40.0 Å². The van der Waals surface area contributed by atoms with Gasteiger partial charge in [0.15, 0.2) is 0 Å². The van der Waals surface area contributed by atoms with Crippen molar-refractivity contribution in [3.63, 3.8) is 0 Å². The third-order valence-electron chi connectivity index (χ3n) is 10.6. The molecule has 0 aliphatic carbocycles. The Bertz CT molecular complexity index is 2640. The molecule has 0 N–H and O–H groups in total. The van der Waals surface area contributed by atoms with Gasteiger partial charge in [-0.05, 0) is 102 Å². The zero-order valence-corrected chi connectivity index (χ0v) is 30.5. The van der Waals surface area contributed by atoms with E-state index in [0.717, 1.165) is 23.3 Å². The van der Waals surface area contributed by atoms with Gasteiger partial charge < -0.3 is 9.13 Å². The Morgan fingerprint density at radius 1 is 0.673 bits per heavy atom. The molecule has 1 unspecified atom stereocenters. The molecular formula is C50H44N2. The topological polar surface area (TPSA) is 9.86 Å². The number of hydrogen-bond acceptors (Lipinski definition) is 0. The van der Waals surface area contributed by atoms with Gasteiger partial charge >= 0.3 is 0 Å². The van der Waals surface area contributed by atoms with E-state index in [-0.39, 0.29) is 0 Å². The van der Waals surface area contributed by atoms with Crippen LogP contribution in [0.2, 0.25) is 0 Å². The maximum absolute atomic E-state index is 4.50. The van der Waals surface area contributed by atoms with Gasteiger partial charge in [0.2, 0.25) is 0 Å². The number of fused-ring (bicyclic) bond motifs is 4. The fourth-order valence-electron chi connectivity index (χ4n) is 8.02. The Hall–Kier alpha value is -6.12. The highest BCUT2D eigenvalue weighted by molar-refractivity contribution is 6.15. The molecule has 2 nitrogen and oxygen atoms in total. The van der Waals surface area contributed by atoms with Gasteiger partial charge in [0.05, 0.1) is 16.6 Å². The van der Waals surface area contributed by atoms with E-state index in [1.807, 2.05) is 6.07 Å². The second-order valence-corrected chi connectivity index (χ2v) is 13.8. The molecule has 254 valence electrons. The number of nitrogens with zero attached hydrogens (tertiary/aromatic N) is 2. The summed E-state index contributed by atoms with van der Waals surface area (Å²) in [7, 11) is 0. The van der Waals surface area contributed by atoms with Crippen LogP contribution in [0.5, 0.6) is 0 Å². The summed E-state index contributed by atoms with van der Waals surface area (Å²) in [5, 5.41) is 3.79. The summed E-state index contributed by atoms with van der Waals surface area (Å²) in [4.78, 5) is 0. The highest BCUT2D eigenvalue weighted by Gasteiger charge is 2.22. The van der Waals surface area contributed by atoms with E-state index in [9.17, 15) is 0 Å². The van der Waals surface area contributed by atoms with Gasteiger partial charge in [0.1, 0.15) is 0 Å². The molecule has 0 aliphatic rings. The largest absolute Gasteiger partial charge is 0.314 e. The van der Waals surface area contributed by atoms with Crippen LogP contribution in [0.15, 0.2) is 170 Å². The fraction of sp³-hybridized carbons (Fsp3) is 0.120. The molecule has 0 saturated heterocycles. The predicted molar refractivity (Wildman–Crippen MR) is 225 cm³/mol. The second-order valence-electron chi connectivity index (χ2n) is 13.8. The first kappa shape index (κ1) is 33.0. The molecular weight excluding hydrogens is 629 g/mol. The minimum absolute atomic E-state index is 0.409. The number of para-hydroxylation sites is 2. The van der Waals surface area contributed by atoms with Gasteiger partial charge in [0.25, 0.3) is 0 Å². The second kappa shape index (κ2) is 13.9. The van der Waals surface area contributed by atoms with Gasteiger partial charge in [0, 0.05) is 38.8 Å². The van der Waals surface area contributed by atoms with Crippen molar-refractivity contribution in [1.82, 2.24) is 9.13 Å². The Labute approximate surface area is 307 Å². The summed E-state index contributed by atoms with van der Waals surface area (Å²) in [5.41, 5.74) is 15.6. The van der Waals surface area contributed by atoms with Gasteiger partial charge in [-0.15, -0.1) is 0 Å². The molecule has 52 heavy (non-hydrogen) atoms. The van der Waals surface area contributed by atoms with Crippen molar-refractivity contribution in [3.8, 4) is 27.9 Å². The quantitative estimate of drug-likeness (QED) is 0.135. The van der Waals surface area contributed by atoms with Crippen molar-refractivity contribution < 1.29 is 0 Å². The third kappa shape index (κ3) is 5.71. The molecule has 0 fully saturated rings. The lowest BCUT2D eigenvalue weighted by atomic mass is 9.93. The van der Waals surface area contributed by atoms with E-state index < -0.39 is 0 Å². The lowest BCUT2D eigenvalue weighted by Gasteiger charge is -2.14. The molecule has 0 saturated carbocycles. The maximum atomic E-state index is 4.50. The molecule has 6 aromatic carbocycles. The Kier molecular flexibility index (Phi) is 8.83. The van der Waals surface area contributed by atoms with Crippen LogP contribution in [0.1, 0.15) is 49.9 Å². The molecule has 0 amide bonds. The normalized spacial score (nSPS) is 12.7. The third-order valence-corrected chi connectivity index (χ3v) is 10.6. The van der Waals surface area contributed by atoms with Crippen LogP contribution in [0.3, 0.4) is 0 Å². The van der Waals surface area contributed by atoms with E-state index in [0.29, 0.717) is 5.92 Å². The lowest BCUT2D eigenvalue weighted by molar-refractivity contribution is 0.730. The maximum Gasteiger partial charge on any atom is 0.0619 e. The molecule has 0 bridgehead atoms. The molecule has 2 heteroatoms. The van der Waals surface area contributed by atoms with Crippen molar-refractivity contribution in [3.05, 3.63) is 187 Å². The van der Waals surface area contributed by atoms with Gasteiger partial charge in [-0.1, -0.05) is 142 Å². The Balaban J connectivity index is 1.36. The van der Waals surface area contributed by atoms with Crippen LogP contribution in [-0.2, 0) is 0 Å². The summed E-state index contributed by atoms with van der Waals surface area (Å²) in [6.45, 7) is 13.5. The number of aromatic nitrogens is 2. The number of allylic oxidation sites excluding steroid dienone is 5. The van der Waals surface area contributed by atoms with Gasteiger partial charge in [-0.25, -0.2) is 0 Å². The molecule has 0 aliphatic heterocycles. The first-order valence-electron chi connectivity index (χ1n) is 18.4. The SMILES string of the molecule is C=C(C=C(C=CC)n1c2ccccc2c2cccc(-c3ccc4c(c3)c(C(C)CC)c(C)n4-c3cccc(-c4ccccc4)c3)c21)c1ccccc1. The number of rotatable bonds is 9. The Morgan fingerprint density at radius 2 is 1.37 bits per heavy atom. The van der Waals surface area contributed by atoms with Crippen molar-refractivity contribution >= 4 is 44.0 Å². The molecule has 8 aromatic rings. The van der Waals surface area contributed by atoms with Crippen molar-refractivity contribution in [2.24, 2.45) is 0 Å². The molecule has 2 heterocycles. The average molecular weight is 673 g/mol. The molecule has 0 radical (unpaired) electrons. The van der Waals surface area contributed by atoms with Crippen molar-refractivity contribution in [1.29, 1.82) is 0 Å². The molecule has 0 spiro atoms. The monoisotopic (exact) mass is 672 g/mol. The fourth-order valence-corrected chi connectivity index (χ4v) is 8.02. The molecule has 1 atom stereocenters. The molecule has 2 aromatic heterocycles. The highest BCUT2D eigenvalue weighted by atomic mass is 15.0. The van der Waals surface area contributed by atoms with Crippen molar-refractivity contribution in [2.75, 3.05) is 0 Å². The number of benzene rings is 6. The highest BCUT2D eigenvalue weighted by Crippen LogP contribution is 2.42. The van der Waals surface area contributed by atoms with Crippen LogP contribution in [0.4, 0.5) is 0 Å². The summed E-state index contributed by atoms with van der Waals surface area (Å²) < 4.78 is 4.89. The standard InChI is InChI=1S/C50H44N2/c1-6-18-41(31-35(4)37-19-10-8-11-20-37)52-47-28-15-14-25-44(47)45-27-17-26-43(50(45)52)40-29-30-48-46(33-40)49(34(3)7-2)36(5)51(48)42-24-16-23-39(32-42)38-21-12-9-13-22-38/h6,8-34H,4,7H2,1-3,5H3. The summed E-state index contributed by atoms with van der Waals surface area (Å²) in [5.74, 6) is 0.409.